The van der Waals surface area contributed by atoms with E-state index in [0.717, 1.165) is 12.8 Å². The smallest absolute Gasteiger partial charge is 0.141 e. The molecule has 2 N–H and O–H groups in total. The van der Waals surface area contributed by atoms with Crippen LogP contribution in [-0.4, -0.2) is 28.2 Å². The molecule has 2 aliphatic rings. The molecule has 0 radical (unpaired) electrons. The van der Waals surface area contributed by atoms with E-state index >= 15 is 0 Å². The van der Waals surface area contributed by atoms with Gasteiger partial charge in [0, 0.05) is 13.0 Å². The normalized spacial score (nSPS) is 45.8. The number of allylic oxidation sites excluding steroid dienone is 1. The fourth-order valence-electron chi connectivity index (χ4n) is 4.33. The Labute approximate surface area is 115 Å². The first-order valence-corrected chi connectivity index (χ1v) is 7.42. The third-order valence-electron chi connectivity index (χ3n) is 5.00. The number of ketones is 1. The molecule has 6 atom stereocenters. The van der Waals surface area contributed by atoms with Crippen LogP contribution in [0.4, 0.5) is 0 Å². The van der Waals surface area contributed by atoms with Crippen LogP contribution in [0.3, 0.4) is 0 Å². The average Bonchev–Trinajstić information content (AvgIpc) is 2.29. The van der Waals surface area contributed by atoms with Gasteiger partial charge < -0.3 is 10.2 Å². The molecule has 0 aromatic carbocycles. The minimum absolute atomic E-state index is 0.00764. The number of hydrogen-bond acceptors (Lipinski definition) is 3. The fourth-order valence-corrected chi connectivity index (χ4v) is 4.33. The van der Waals surface area contributed by atoms with Gasteiger partial charge >= 0.3 is 0 Å². The molecular weight excluding hydrogens is 240 g/mol. The zero-order valence-corrected chi connectivity index (χ0v) is 12.2. The van der Waals surface area contributed by atoms with Gasteiger partial charge in [-0.05, 0) is 43.4 Å². The second-order valence-electron chi connectivity index (χ2n) is 6.80. The van der Waals surface area contributed by atoms with Crippen molar-refractivity contribution < 1.29 is 15.0 Å². The van der Waals surface area contributed by atoms with Crippen molar-refractivity contribution in [3.05, 3.63) is 12.2 Å². The van der Waals surface area contributed by atoms with Crippen LogP contribution in [0.5, 0.6) is 0 Å². The molecule has 0 aliphatic heterocycles. The zero-order chi connectivity index (χ0) is 14.2. The predicted octanol–water partition coefficient (Wildman–Crippen LogP) is 2.17. The number of carbonyl (C=O) groups excluding carboxylic acids is 1. The van der Waals surface area contributed by atoms with E-state index in [-0.39, 0.29) is 30.6 Å². The third-order valence-corrected chi connectivity index (χ3v) is 5.00. The van der Waals surface area contributed by atoms with E-state index < -0.39 is 5.60 Å². The van der Waals surface area contributed by atoms with Crippen LogP contribution in [0.1, 0.15) is 40.0 Å². The van der Waals surface area contributed by atoms with Crippen LogP contribution in [-0.2, 0) is 4.79 Å². The second-order valence-corrected chi connectivity index (χ2v) is 6.80. The van der Waals surface area contributed by atoms with Crippen molar-refractivity contribution in [1.29, 1.82) is 0 Å². The van der Waals surface area contributed by atoms with Crippen LogP contribution >= 0.6 is 0 Å². The Morgan fingerprint density at radius 3 is 2.68 bits per heavy atom. The first-order chi connectivity index (χ1) is 8.86. The second kappa shape index (κ2) is 5.37. The molecule has 1 fully saturated rings. The summed E-state index contributed by atoms with van der Waals surface area (Å²) in [5, 5.41) is 19.6. The van der Waals surface area contributed by atoms with Crippen molar-refractivity contribution in [1.82, 2.24) is 0 Å². The number of fused-ring (bicyclic) bond motifs is 1. The Morgan fingerprint density at radius 2 is 2.05 bits per heavy atom. The standard InChI is InChI=1S/C16H26O3/c1-10-8-11(2)14-12(9-10)4-6-16(3,19)15(14)13(18)5-7-17/h4,6,10-12,14-15,17,19H,5,7-9H2,1-3H3. The maximum Gasteiger partial charge on any atom is 0.141 e. The van der Waals surface area contributed by atoms with Crippen LogP contribution in [0.2, 0.25) is 0 Å². The predicted molar refractivity (Wildman–Crippen MR) is 74.5 cm³/mol. The molecule has 19 heavy (non-hydrogen) atoms. The largest absolute Gasteiger partial charge is 0.396 e. The van der Waals surface area contributed by atoms with E-state index in [4.69, 9.17) is 5.11 Å². The number of hydrogen-bond donors (Lipinski definition) is 2. The van der Waals surface area contributed by atoms with Crippen molar-refractivity contribution in [3.63, 3.8) is 0 Å². The van der Waals surface area contributed by atoms with Gasteiger partial charge in [0.2, 0.25) is 0 Å². The SMILES string of the molecule is CC1CC(C)C2C(C=CC(C)(O)C2C(=O)CCO)C1. The molecule has 0 spiro atoms. The lowest BCUT2D eigenvalue weighted by atomic mass is 9.57. The highest BCUT2D eigenvalue weighted by Gasteiger charge is 2.49. The molecule has 0 heterocycles. The molecule has 3 heteroatoms. The summed E-state index contributed by atoms with van der Waals surface area (Å²) in [4.78, 5) is 12.3. The van der Waals surface area contributed by atoms with Crippen molar-refractivity contribution in [2.24, 2.45) is 29.6 Å². The number of carbonyl (C=O) groups is 1. The highest BCUT2D eigenvalue weighted by atomic mass is 16.3. The van der Waals surface area contributed by atoms with E-state index in [1.165, 1.54) is 0 Å². The van der Waals surface area contributed by atoms with Gasteiger partial charge in [-0.2, -0.15) is 0 Å². The molecule has 0 aromatic heterocycles. The van der Waals surface area contributed by atoms with Gasteiger partial charge in [-0.1, -0.05) is 26.0 Å². The monoisotopic (exact) mass is 266 g/mol. The minimum atomic E-state index is -1.07. The average molecular weight is 266 g/mol. The molecule has 3 nitrogen and oxygen atoms in total. The number of Topliss-reactive ketones (excluding diaryl/α,β-unsaturated/α-hetero) is 1. The van der Waals surface area contributed by atoms with Gasteiger partial charge in [-0.3, -0.25) is 4.79 Å². The van der Waals surface area contributed by atoms with E-state index in [2.05, 4.69) is 19.9 Å². The van der Waals surface area contributed by atoms with Gasteiger partial charge in [-0.25, -0.2) is 0 Å². The van der Waals surface area contributed by atoms with Crippen LogP contribution in [0, 0.1) is 29.6 Å². The molecule has 6 unspecified atom stereocenters. The molecule has 0 aromatic rings. The van der Waals surface area contributed by atoms with Crippen molar-refractivity contribution in [3.8, 4) is 0 Å². The van der Waals surface area contributed by atoms with Crippen molar-refractivity contribution in [2.75, 3.05) is 6.61 Å². The first kappa shape index (κ1) is 14.7. The van der Waals surface area contributed by atoms with E-state index in [0.29, 0.717) is 17.8 Å². The van der Waals surface area contributed by atoms with Crippen LogP contribution < -0.4 is 0 Å². The lowest BCUT2D eigenvalue weighted by molar-refractivity contribution is -0.138. The van der Waals surface area contributed by atoms with Crippen molar-refractivity contribution >= 4 is 5.78 Å². The molecule has 2 rings (SSSR count). The highest BCUT2D eigenvalue weighted by Crippen LogP contribution is 2.49. The van der Waals surface area contributed by atoms with E-state index in [1.54, 1.807) is 13.0 Å². The first-order valence-electron chi connectivity index (χ1n) is 7.42. The van der Waals surface area contributed by atoms with Crippen LogP contribution in [0.25, 0.3) is 0 Å². The number of aliphatic hydroxyl groups is 2. The lowest BCUT2D eigenvalue weighted by Crippen LogP contribution is -2.51. The van der Waals surface area contributed by atoms with Gasteiger partial charge in [-0.15, -0.1) is 0 Å². The quantitative estimate of drug-likeness (QED) is 0.770. The van der Waals surface area contributed by atoms with Gasteiger partial charge in [0.05, 0.1) is 11.5 Å². The minimum Gasteiger partial charge on any atom is -0.396 e. The summed E-state index contributed by atoms with van der Waals surface area (Å²) in [5.74, 6) is 1.38. The summed E-state index contributed by atoms with van der Waals surface area (Å²) >= 11 is 0. The van der Waals surface area contributed by atoms with Crippen LogP contribution in [0.15, 0.2) is 12.2 Å². The summed E-state index contributed by atoms with van der Waals surface area (Å²) in [5.41, 5.74) is -1.07. The lowest BCUT2D eigenvalue weighted by Gasteiger charge is -2.49. The Balaban J connectivity index is 2.32. The molecule has 0 saturated heterocycles. The third kappa shape index (κ3) is 2.77. The summed E-state index contributed by atoms with van der Waals surface area (Å²) in [7, 11) is 0. The van der Waals surface area contributed by atoms with E-state index in [9.17, 15) is 9.90 Å². The van der Waals surface area contributed by atoms with Gasteiger partial charge in [0.1, 0.15) is 5.78 Å². The van der Waals surface area contributed by atoms with E-state index in [1.807, 2.05) is 0 Å². The summed E-state index contributed by atoms with van der Waals surface area (Å²) in [6, 6.07) is 0. The van der Waals surface area contributed by atoms with Gasteiger partial charge in [0.15, 0.2) is 0 Å². The van der Waals surface area contributed by atoms with Gasteiger partial charge in [0.25, 0.3) is 0 Å². The fraction of sp³-hybridized carbons (Fsp3) is 0.812. The maximum atomic E-state index is 12.3. The summed E-state index contributed by atoms with van der Waals surface area (Å²) in [6.07, 6.45) is 6.29. The molecule has 1 saturated carbocycles. The maximum absolute atomic E-state index is 12.3. The Hall–Kier alpha value is -0.670. The number of rotatable bonds is 3. The molecule has 0 amide bonds. The van der Waals surface area contributed by atoms with Crippen molar-refractivity contribution in [2.45, 2.75) is 45.6 Å². The molecule has 108 valence electrons. The zero-order valence-electron chi connectivity index (χ0n) is 12.2. The molecular formula is C16H26O3. The topological polar surface area (TPSA) is 57.5 Å². The summed E-state index contributed by atoms with van der Waals surface area (Å²) in [6.45, 7) is 6.06. The Bertz CT molecular complexity index is 372. The Morgan fingerprint density at radius 1 is 1.37 bits per heavy atom. The molecule has 0 bridgehead atoms. The molecule has 2 aliphatic carbocycles. The Kier molecular flexibility index (Phi) is 4.17. The summed E-state index contributed by atoms with van der Waals surface area (Å²) < 4.78 is 0. The highest BCUT2D eigenvalue weighted by molar-refractivity contribution is 5.83. The number of aliphatic hydroxyl groups excluding tert-OH is 1.